The SMILES string of the molecule is N#Cc1cc(Br)c2c(c1)CN(C1CCC(=O)NC1=O)C2=O. The zero-order valence-corrected chi connectivity index (χ0v) is 12.4. The molecule has 2 aliphatic heterocycles. The molecule has 1 unspecified atom stereocenters. The molecule has 7 heteroatoms. The molecule has 1 fully saturated rings. The van der Waals surface area contributed by atoms with Gasteiger partial charge in [-0.2, -0.15) is 5.26 Å². The highest BCUT2D eigenvalue weighted by atomic mass is 79.9. The average Bonchev–Trinajstić information content (AvgIpc) is 2.76. The van der Waals surface area contributed by atoms with E-state index in [0.717, 1.165) is 5.56 Å². The number of nitriles is 1. The van der Waals surface area contributed by atoms with E-state index in [9.17, 15) is 14.4 Å². The van der Waals surface area contributed by atoms with Gasteiger partial charge in [0.1, 0.15) is 6.04 Å². The van der Waals surface area contributed by atoms with Gasteiger partial charge < -0.3 is 4.90 Å². The second-order valence-corrected chi connectivity index (χ2v) is 5.86. The van der Waals surface area contributed by atoms with E-state index in [2.05, 4.69) is 21.2 Å². The standard InChI is InChI=1S/C14H10BrN3O3/c15-9-4-7(5-16)3-8-6-18(14(21)12(8)9)10-1-2-11(19)17-13(10)20/h3-4,10H,1-2,6H2,(H,17,19,20). The maximum absolute atomic E-state index is 12.5. The topological polar surface area (TPSA) is 90.3 Å². The minimum absolute atomic E-state index is 0.223. The zero-order valence-electron chi connectivity index (χ0n) is 10.9. The number of piperidine rings is 1. The smallest absolute Gasteiger partial charge is 0.256 e. The van der Waals surface area contributed by atoms with E-state index in [1.165, 1.54) is 4.90 Å². The number of imide groups is 1. The average molecular weight is 348 g/mol. The minimum atomic E-state index is -0.639. The van der Waals surface area contributed by atoms with E-state index >= 15 is 0 Å². The summed E-state index contributed by atoms with van der Waals surface area (Å²) in [6, 6.07) is 4.64. The molecule has 0 saturated carbocycles. The predicted octanol–water partition coefficient (Wildman–Crippen LogP) is 1.08. The lowest BCUT2D eigenvalue weighted by atomic mass is 10.0. The van der Waals surface area contributed by atoms with Crippen LogP contribution in [0.25, 0.3) is 0 Å². The van der Waals surface area contributed by atoms with E-state index in [-0.39, 0.29) is 24.8 Å². The summed E-state index contributed by atoms with van der Waals surface area (Å²) in [4.78, 5) is 37.0. The van der Waals surface area contributed by atoms with Gasteiger partial charge in [-0.1, -0.05) is 0 Å². The Kier molecular flexibility index (Phi) is 3.26. The van der Waals surface area contributed by atoms with E-state index in [0.29, 0.717) is 22.0 Å². The third-order valence-electron chi connectivity index (χ3n) is 3.70. The summed E-state index contributed by atoms with van der Waals surface area (Å²) in [5, 5.41) is 11.2. The summed E-state index contributed by atoms with van der Waals surface area (Å²) in [6.45, 7) is 0.272. The van der Waals surface area contributed by atoms with E-state index in [4.69, 9.17) is 5.26 Å². The monoisotopic (exact) mass is 347 g/mol. The van der Waals surface area contributed by atoms with Crippen LogP contribution in [0.3, 0.4) is 0 Å². The fourth-order valence-corrected chi connectivity index (χ4v) is 3.39. The molecule has 2 aliphatic rings. The first-order chi connectivity index (χ1) is 10.0. The number of carbonyl (C=O) groups excluding carboxylic acids is 3. The van der Waals surface area contributed by atoms with E-state index in [1.807, 2.05) is 6.07 Å². The first-order valence-electron chi connectivity index (χ1n) is 6.38. The fraction of sp³-hybridized carbons (Fsp3) is 0.286. The number of benzene rings is 1. The van der Waals surface area contributed by atoms with Gasteiger partial charge in [-0.25, -0.2) is 0 Å². The molecule has 0 bridgehead atoms. The van der Waals surface area contributed by atoms with Gasteiger partial charge in [0, 0.05) is 17.4 Å². The van der Waals surface area contributed by atoms with Crippen LogP contribution in [0.1, 0.15) is 34.3 Å². The zero-order chi connectivity index (χ0) is 15.1. The van der Waals surface area contributed by atoms with Gasteiger partial charge in [0.05, 0.1) is 17.2 Å². The number of carbonyl (C=O) groups is 3. The quantitative estimate of drug-likeness (QED) is 0.769. The molecule has 1 aromatic rings. The van der Waals surface area contributed by atoms with Crippen LogP contribution in [0.15, 0.2) is 16.6 Å². The third kappa shape index (κ3) is 2.21. The Balaban J connectivity index is 1.94. The van der Waals surface area contributed by atoms with Crippen LogP contribution in [-0.4, -0.2) is 28.7 Å². The first-order valence-corrected chi connectivity index (χ1v) is 7.17. The maximum Gasteiger partial charge on any atom is 0.256 e. The van der Waals surface area contributed by atoms with Crippen LogP contribution in [0.4, 0.5) is 0 Å². The number of fused-ring (bicyclic) bond motifs is 1. The van der Waals surface area contributed by atoms with Crippen molar-refractivity contribution in [3.05, 3.63) is 33.3 Å². The molecule has 1 N–H and O–H groups in total. The summed E-state index contributed by atoms with van der Waals surface area (Å²) in [5.41, 5.74) is 1.66. The lowest BCUT2D eigenvalue weighted by Gasteiger charge is -2.29. The van der Waals surface area contributed by atoms with Crippen molar-refractivity contribution in [3.63, 3.8) is 0 Å². The maximum atomic E-state index is 12.5. The summed E-state index contributed by atoms with van der Waals surface area (Å²) in [5.74, 6) is -1.01. The summed E-state index contributed by atoms with van der Waals surface area (Å²) < 4.78 is 0.552. The van der Waals surface area contributed by atoms with Crippen molar-refractivity contribution < 1.29 is 14.4 Å². The molecule has 0 spiro atoms. The molecule has 1 saturated heterocycles. The fourth-order valence-electron chi connectivity index (χ4n) is 2.72. The van der Waals surface area contributed by atoms with Crippen LogP contribution >= 0.6 is 15.9 Å². The Morgan fingerprint density at radius 1 is 1.33 bits per heavy atom. The van der Waals surface area contributed by atoms with Crippen LogP contribution in [0, 0.1) is 11.3 Å². The number of hydrogen-bond donors (Lipinski definition) is 1. The number of amides is 3. The number of hydrogen-bond acceptors (Lipinski definition) is 4. The number of nitrogens with zero attached hydrogens (tertiary/aromatic N) is 2. The summed E-state index contributed by atoms with van der Waals surface area (Å²) >= 11 is 3.30. The van der Waals surface area contributed by atoms with E-state index < -0.39 is 11.9 Å². The van der Waals surface area contributed by atoms with Crippen molar-refractivity contribution in [3.8, 4) is 6.07 Å². The number of rotatable bonds is 1. The van der Waals surface area contributed by atoms with Gasteiger partial charge in [-0.15, -0.1) is 0 Å². The highest BCUT2D eigenvalue weighted by Gasteiger charge is 2.40. The van der Waals surface area contributed by atoms with Crippen molar-refractivity contribution >= 4 is 33.7 Å². The van der Waals surface area contributed by atoms with Crippen molar-refractivity contribution in [2.45, 2.75) is 25.4 Å². The molecular formula is C14H10BrN3O3. The Morgan fingerprint density at radius 2 is 2.10 bits per heavy atom. The van der Waals surface area contributed by atoms with Crippen molar-refractivity contribution in [1.29, 1.82) is 5.26 Å². The molecule has 1 aromatic carbocycles. The number of halogens is 1. The van der Waals surface area contributed by atoms with Crippen LogP contribution in [-0.2, 0) is 16.1 Å². The van der Waals surface area contributed by atoms with Crippen LogP contribution in [0.5, 0.6) is 0 Å². The van der Waals surface area contributed by atoms with Crippen molar-refractivity contribution in [2.75, 3.05) is 0 Å². The molecule has 3 amide bonds. The minimum Gasteiger partial charge on any atom is -0.322 e. The number of nitrogens with one attached hydrogen (secondary N) is 1. The van der Waals surface area contributed by atoms with Gasteiger partial charge >= 0.3 is 0 Å². The molecule has 6 nitrogen and oxygen atoms in total. The second-order valence-electron chi connectivity index (χ2n) is 5.00. The lowest BCUT2D eigenvalue weighted by Crippen LogP contribution is -2.52. The third-order valence-corrected chi connectivity index (χ3v) is 4.33. The molecule has 2 heterocycles. The normalized spacial score (nSPS) is 21.0. The highest BCUT2D eigenvalue weighted by Crippen LogP contribution is 2.33. The summed E-state index contributed by atoms with van der Waals surface area (Å²) in [6.07, 6.45) is 0.550. The molecule has 0 aromatic heterocycles. The van der Waals surface area contributed by atoms with Crippen LogP contribution in [0.2, 0.25) is 0 Å². The Morgan fingerprint density at radius 3 is 2.76 bits per heavy atom. The van der Waals surface area contributed by atoms with Gasteiger partial charge in [-0.3, -0.25) is 19.7 Å². The molecule has 3 rings (SSSR count). The van der Waals surface area contributed by atoms with Crippen LogP contribution < -0.4 is 5.32 Å². The molecule has 21 heavy (non-hydrogen) atoms. The molecule has 1 atom stereocenters. The second kappa shape index (κ2) is 4.97. The van der Waals surface area contributed by atoms with Gasteiger partial charge in [-0.05, 0) is 40.0 Å². The molecule has 0 radical (unpaired) electrons. The Hall–Kier alpha value is -2.20. The Labute approximate surface area is 128 Å². The molecular weight excluding hydrogens is 338 g/mol. The highest BCUT2D eigenvalue weighted by molar-refractivity contribution is 9.10. The largest absolute Gasteiger partial charge is 0.322 e. The molecule has 0 aliphatic carbocycles. The van der Waals surface area contributed by atoms with Gasteiger partial charge in [0.2, 0.25) is 11.8 Å². The van der Waals surface area contributed by atoms with Crippen molar-refractivity contribution in [2.24, 2.45) is 0 Å². The predicted molar refractivity (Wildman–Crippen MR) is 74.9 cm³/mol. The van der Waals surface area contributed by atoms with E-state index in [1.54, 1.807) is 12.1 Å². The van der Waals surface area contributed by atoms with Gasteiger partial charge in [0.15, 0.2) is 0 Å². The summed E-state index contributed by atoms with van der Waals surface area (Å²) in [7, 11) is 0. The van der Waals surface area contributed by atoms with Crippen molar-refractivity contribution in [1.82, 2.24) is 10.2 Å². The Bertz CT molecular complexity index is 723. The molecule has 106 valence electrons. The van der Waals surface area contributed by atoms with Gasteiger partial charge in [0.25, 0.3) is 5.91 Å². The first kappa shape index (κ1) is 13.8. The lowest BCUT2D eigenvalue weighted by molar-refractivity contribution is -0.136.